The second-order valence-corrected chi connectivity index (χ2v) is 6.44. The number of rotatable bonds is 11. The number of nitrogens with one attached hydrogen (secondary N) is 2. The monoisotopic (exact) mass is 356 g/mol. The average molecular weight is 356 g/mol. The highest BCUT2D eigenvalue weighted by Gasteiger charge is 2.07. The number of carbonyl (C=O) groups excluding carboxylic acids is 1. The van der Waals surface area contributed by atoms with Crippen LogP contribution in [0.4, 0.5) is 16.7 Å². The highest BCUT2D eigenvalue weighted by Crippen LogP contribution is 2.12. The smallest absolute Gasteiger partial charge is 0.322 e. The molecule has 0 spiro atoms. The van der Waals surface area contributed by atoms with Gasteiger partial charge in [0.1, 0.15) is 0 Å². The van der Waals surface area contributed by atoms with E-state index in [1.165, 1.54) is 38.1 Å². The van der Waals surface area contributed by atoms with Crippen LogP contribution in [0, 0.1) is 0 Å². The van der Waals surface area contributed by atoms with Crippen LogP contribution in [0.5, 0.6) is 6.01 Å². The van der Waals surface area contributed by atoms with Crippen LogP contribution in [0.25, 0.3) is 0 Å². The second-order valence-electron chi connectivity index (χ2n) is 5.39. The number of ether oxygens (including phenoxy) is 1. The van der Waals surface area contributed by atoms with Crippen molar-refractivity contribution in [2.45, 2.75) is 32.6 Å². The van der Waals surface area contributed by atoms with Crippen molar-refractivity contribution in [1.82, 2.24) is 19.9 Å². The first-order chi connectivity index (χ1) is 11.6. The molecule has 0 atom stereocenters. The third-order valence-electron chi connectivity index (χ3n) is 3.09. The molecular weight excluding hydrogens is 328 g/mol. The van der Waals surface area contributed by atoms with E-state index in [0.717, 1.165) is 13.0 Å². The molecule has 0 aromatic carbocycles. The Bertz CT molecular complexity index is 501. The van der Waals surface area contributed by atoms with E-state index in [2.05, 4.69) is 32.5 Å². The number of amides is 1. The van der Waals surface area contributed by atoms with Crippen LogP contribution in [0.2, 0.25) is 0 Å². The SMILES string of the molecule is CCCCCCNc1nc(NCCSC(=O)N(C)C)nc(OC)n1. The lowest BCUT2D eigenvalue weighted by Gasteiger charge is -2.11. The number of unbranched alkanes of at least 4 members (excludes halogenated alkanes) is 3. The maximum absolute atomic E-state index is 11.5. The van der Waals surface area contributed by atoms with Gasteiger partial charge in [-0.1, -0.05) is 37.9 Å². The molecule has 0 aliphatic rings. The molecule has 0 radical (unpaired) electrons. The topological polar surface area (TPSA) is 92.3 Å². The van der Waals surface area contributed by atoms with Gasteiger partial charge in [-0.05, 0) is 6.42 Å². The number of hydrogen-bond acceptors (Lipinski definition) is 8. The zero-order valence-electron chi connectivity index (χ0n) is 15.0. The molecule has 1 heterocycles. The van der Waals surface area contributed by atoms with Crippen LogP contribution in [-0.4, -0.2) is 65.1 Å². The molecule has 8 nitrogen and oxygen atoms in total. The van der Waals surface area contributed by atoms with Crippen LogP contribution in [0.1, 0.15) is 32.6 Å². The molecule has 136 valence electrons. The van der Waals surface area contributed by atoms with Crippen LogP contribution >= 0.6 is 11.8 Å². The minimum absolute atomic E-state index is 0.0273. The number of carbonyl (C=O) groups is 1. The fourth-order valence-corrected chi connectivity index (χ4v) is 2.43. The zero-order valence-corrected chi connectivity index (χ0v) is 15.8. The maximum Gasteiger partial charge on any atom is 0.322 e. The molecule has 0 bridgehead atoms. The quantitative estimate of drug-likeness (QED) is 0.585. The predicted octanol–water partition coefficient (Wildman–Crippen LogP) is 2.70. The molecule has 9 heteroatoms. The van der Waals surface area contributed by atoms with Crippen molar-refractivity contribution < 1.29 is 9.53 Å². The van der Waals surface area contributed by atoms with Crippen molar-refractivity contribution in [1.29, 1.82) is 0 Å². The number of nitrogens with zero attached hydrogens (tertiary/aromatic N) is 4. The van der Waals surface area contributed by atoms with E-state index in [1.54, 1.807) is 19.0 Å². The molecule has 2 N–H and O–H groups in total. The van der Waals surface area contributed by atoms with Crippen LogP contribution in [0.3, 0.4) is 0 Å². The minimum Gasteiger partial charge on any atom is -0.467 e. The van der Waals surface area contributed by atoms with Crippen LogP contribution < -0.4 is 15.4 Å². The van der Waals surface area contributed by atoms with Crippen molar-refractivity contribution in [3.05, 3.63) is 0 Å². The summed E-state index contributed by atoms with van der Waals surface area (Å²) in [5.74, 6) is 1.57. The van der Waals surface area contributed by atoms with E-state index < -0.39 is 0 Å². The molecule has 0 fully saturated rings. The molecule has 0 unspecified atom stereocenters. The summed E-state index contributed by atoms with van der Waals surface area (Å²) in [6, 6.07) is 0.264. The molecule has 0 saturated heterocycles. The van der Waals surface area contributed by atoms with Gasteiger partial charge in [-0.15, -0.1) is 0 Å². The lowest BCUT2D eigenvalue weighted by Crippen LogP contribution is -2.18. The number of aromatic nitrogens is 3. The van der Waals surface area contributed by atoms with Gasteiger partial charge in [-0.3, -0.25) is 4.79 Å². The molecule has 0 aliphatic heterocycles. The number of thioether (sulfide) groups is 1. The summed E-state index contributed by atoms with van der Waals surface area (Å²) in [5, 5.41) is 6.31. The van der Waals surface area contributed by atoms with Crippen molar-refractivity contribution in [2.75, 3.05) is 50.7 Å². The fraction of sp³-hybridized carbons (Fsp3) is 0.733. The first kappa shape index (κ1) is 20.3. The van der Waals surface area contributed by atoms with Gasteiger partial charge in [-0.2, -0.15) is 15.0 Å². The summed E-state index contributed by atoms with van der Waals surface area (Å²) in [5.41, 5.74) is 0. The van der Waals surface area contributed by atoms with Crippen LogP contribution in [-0.2, 0) is 0 Å². The summed E-state index contributed by atoms with van der Waals surface area (Å²) < 4.78 is 5.11. The Morgan fingerprint density at radius 2 is 1.75 bits per heavy atom. The maximum atomic E-state index is 11.5. The molecule has 24 heavy (non-hydrogen) atoms. The first-order valence-electron chi connectivity index (χ1n) is 8.18. The van der Waals surface area contributed by atoms with Gasteiger partial charge >= 0.3 is 6.01 Å². The Labute approximate surface area is 148 Å². The van der Waals surface area contributed by atoms with Gasteiger partial charge in [0.05, 0.1) is 7.11 Å². The van der Waals surface area contributed by atoms with Gasteiger partial charge in [0.25, 0.3) is 5.24 Å². The number of methoxy groups -OCH3 is 1. The van der Waals surface area contributed by atoms with Crippen LogP contribution in [0.15, 0.2) is 0 Å². The minimum atomic E-state index is 0.0273. The van der Waals surface area contributed by atoms with Gasteiger partial charge in [0.2, 0.25) is 11.9 Å². The third-order valence-corrected chi connectivity index (χ3v) is 4.11. The highest BCUT2D eigenvalue weighted by molar-refractivity contribution is 8.13. The Balaban J connectivity index is 2.45. The lowest BCUT2D eigenvalue weighted by molar-refractivity contribution is 0.241. The van der Waals surface area contributed by atoms with Crippen molar-refractivity contribution in [3.8, 4) is 6.01 Å². The van der Waals surface area contributed by atoms with Gasteiger partial charge in [-0.25, -0.2) is 0 Å². The van der Waals surface area contributed by atoms with Gasteiger partial charge in [0, 0.05) is 32.9 Å². The van der Waals surface area contributed by atoms with E-state index in [9.17, 15) is 4.79 Å². The Kier molecular flexibility index (Phi) is 9.90. The summed E-state index contributed by atoms with van der Waals surface area (Å²) >= 11 is 1.25. The standard InChI is InChI=1S/C15H28N6O2S/c1-5-6-7-8-9-16-12-18-13(20-14(19-12)23-4)17-10-11-24-15(22)21(2)3/h5-11H2,1-4H3,(H2,16,17,18,19,20). The van der Waals surface area contributed by atoms with E-state index in [4.69, 9.17) is 4.74 Å². The predicted molar refractivity (Wildman–Crippen MR) is 99.0 cm³/mol. The molecular formula is C15H28N6O2S. The number of anilines is 2. The van der Waals surface area contributed by atoms with E-state index in [-0.39, 0.29) is 11.2 Å². The second kappa shape index (κ2) is 11.7. The first-order valence-corrected chi connectivity index (χ1v) is 9.17. The Morgan fingerprint density at radius 1 is 1.08 bits per heavy atom. The summed E-state index contributed by atoms with van der Waals surface area (Å²) in [7, 11) is 4.99. The van der Waals surface area contributed by atoms with E-state index in [0.29, 0.717) is 24.2 Å². The summed E-state index contributed by atoms with van der Waals surface area (Å²) in [6.07, 6.45) is 4.71. The Hall–Kier alpha value is -1.77. The third kappa shape index (κ3) is 8.19. The summed E-state index contributed by atoms with van der Waals surface area (Å²) in [4.78, 5) is 25.7. The molecule has 1 amide bonds. The van der Waals surface area contributed by atoms with Crippen molar-refractivity contribution >= 4 is 28.9 Å². The largest absolute Gasteiger partial charge is 0.467 e. The fourth-order valence-electron chi connectivity index (χ4n) is 1.79. The van der Waals surface area contributed by atoms with Gasteiger partial charge < -0.3 is 20.3 Å². The molecule has 1 rings (SSSR count). The molecule has 1 aromatic heterocycles. The number of hydrogen-bond donors (Lipinski definition) is 2. The highest BCUT2D eigenvalue weighted by atomic mass is 32.2. The van der Waals surface area contributed by atoms with Crippen molar-refractivity contribution in [3.63, 3.8) is 0 Å². The average Bonchev–Trinajstić information content (AvgIpc) is 2.58. The lowest BCUT2D eigenvalue weighted by atomic mass is 10.2. The zero-order chi connectivity index (χ0) is 17.8. The molecule has 1 aromatic rings. The molecule has 0 saturated carbocycles. The van der Waals surface area contributed by atoms with E-state index >= 15 is 0 Å². The van der Waals surface area contributed by atoms with Crippen molar-refractivity contribution in [2.24, 2.45) is 0 Å². The normalized spacial score (nSPS) is 10.3. The van der Waals surface area contributed by atoms with E-state index in [1.807, 2.05) is 0 Å². The molecule has 0 aliphatic carbocycles. The Morgan fingerprint density at radius 3 is 2.33 bits per heavy atom. The summed E-state index contributed by atoms with van der Waals surface area (Å²) in [6.45, 7) is 3.58. The van der Waals surface area contributed by atoms with Gasteiger partial charge in [0.15, 0.2) is 0 Å².